The molecule has 0 atom stereocenters. The Labute approximate surface area is 156 Å². The minimum Gasteiger partial charge on any atom is -0.410 e. The molecule has 2 aromatic carbocycles. The number of benzene rings is 2. The van der Waals surface area contributed by atoms with E-state index in [2.05, 4.69) is 46.7 Å². The molecule has 0 saturated carbocycles. The third-order valence-corrected chi connectivity index (χ3v) is 3.92. The molecular weight excluding hydrogens is 326 g/mol. The summed E-state index contributed by atoms with van der Waals surface area (Å²) in [7, 11) is 0. The molecule has 1 amide bonds. The summed E-state index contributed by atoms with van der Waals surface area (Å²) in [5, 5.41) is 6.11. The van der Waals surface area contributed by atoms with Crippen LogP contribution in [-0.2, 0) is 6.54 Å². The zero-order chi connectivity index (χ0) is 18.5. The predicted octanol–water partition coefficient (Wildman–Crippen LogP) is 3.28. The van der Waals surface area contributed by atoms with Gasteiger partial charge in [0, 0.05) is 32.7 Å². The largest absolute Gasteiger partial charge is 0.412 e. The fraction of sp³-hybridized carbons (Fsp3) is 0.381. The molecular formula is C21H29N3O2. The third-order valence-electron chi connectivity index (χ3n) is 3.92. The monoisotopic (exact) mass is 355 g/mol. The van der Waals surface area contributed by atoms with Gasteiger partial charge in [-0.15, -0.1) is 0 Å². The van der Waals surface area contributed by atoms with Crippen LogP contribution in [0.3, 0.4) is 0 Å². The number of hydrogen-bond donors (Lipinski definition) is 2. The molecule has 5 nitrogen and oxygen atoms in total. The summed E-state index contributed by atoms with van der Waals surface area (Å²) in [5.41, 5.74) is 1.34. The van der Waals surface area contributed by atoms with Gasteiger partial charge in [-0.1, -0.05) is 55.5 Å². The Morgan fingerprint density at radius 2 is 1.62 bits per heavy atom. The molecule has 0 heterocycles. The molecule has 0 aliphatic carbocycles. The van der Waals surface area contributed by atoms with Gasteiger partial charge in [0.15, 0.2) is 0 Å². The Morgan fingerprint density at radius 1 is 0.923 bits per heavy atom. The van der Waals surface area contributed by atoms with Crippen LogP contribution >= 0.6 is 0 Å². The Hall–Kier alpha value is -2.37. The average Bonchev–Trinajstić information content (AvgIpc) is 2.66. The average molecular weight is 355 g/mol. The van der Waals surface area contributed by atoms with Crippen LogP contribution in [0.5, 0.6) is 5.75 Å². The van der Waals surface area contributed by atoms with Crippen molar-refractivity contribution in [2.45, 2.75) is 19.9 Å². The number of carbonyl (C=O) groups excluding carboxylic acids is 1. The summed E-state index contributed by atoms with van der Waals surface area (Å²) in [6.07, 6.45) is 0.717. The van der Waals surface area contributed by atoms with E-state index in [9.17, 15) is 4.79 Å². The van der Waals surface area contributed by atoms with Crippen molar-refractivity contribution >= 4 is 6.09 Å². The molecule has 0 fully saturated rings. The molecule has 0 aromatic heterocycles. The minimum atomic E-state index is -0.422. The van der Waals surface area contributed by atoms with Crippen LogP contribution in [0.2, 0.25) is 0 Å². The van der Waals surface area contributed by atoms with E-state index < -0.39 is 6.09 Å². The van der Waals surface area contributed by atoms with Crippen molar-refractivity contribution in [1.29, 1.82) is 0 Å². The molecule has 0 bridgehead atoms. The van der Waals surface area contributed by atoms with E-state index in [-0.39, 0.29) is 0 Å². The fourth-order valence-corrected chi connectivity index (χ4v) is 2.67. The van der Waals surface area contributed by atoms with Gasteiger partial charge >= 0.3 is 6.09 Å². The molecule has 0 spiro atoms. The molecule has 0 aliphatic heterocycles. The van der Waals surface area contributed by atoms with Crippen molar-refractivity contribution < 1.29 is 9.53 Å². The second-order valence-corrected chi connectivity index (χ2v) is 6.14. The van der Waals surface area contributed by atoms with Gasteiger partial charge in [0.2, 0.25) is 0 Å². The Kier molecular flexibility index (Phi) is 9.25. The van der Waals surface area contributed by atoms with E-state index >= 15 is 0 Å². The van der Waals surface area contributed by atoms with Crippen molar-refractivity contribution in [2.24, 2.45) is 0 Å². The normalized spacial score (nSPS) is 10.7. The van der Waals surface area contributed by atoms with Gasteiger partial charge < -0.3 is 15.4 Å². The SMILES string of the molecule is CCCN(CCNCCNC(=O)Oc1ccccc1)Cc1ccccc1. The molecule has 0 unspecified atom stereocenters. The van der Waals surface area contributed by atoms with Gasteiger partial charge in [-0.05, 0) is 30.7 Å². The molecule has 2 aromatic rings. The van der Waals surface area contributed by atoms with E-state index in [1.165, 1.54) is 5.56 Å². The van der Waals surface area contributed by atoms with E-state index in [4.69, 9.17) is 4.74 Å². The predicted molar refractivity (Wildman–Crippen MR) is 105 cm³/mol. The molecule has 0 radical (unpaired) electrons. The van der Waals surface area contributed by atoms with Crippen molar-refractivity contribution in [3.63, 3.8) is 0 Å². The number of hydrogen-bond acceptors (Lipinski definition) is 4. The molecule has 140 valence electrons. The number of para-hydroxylation sites is 1. The topological polar surface area (TPSA) is 53.6 Å². The van der Waals surface area contributed by atoms with E-state index in [1.807, 2.05) is 24.3 Å². The highest BCUT2D eigenvalue weighted by atomic mass is 16.6. The molecule has 5 heteroatoms. The first-order chi connectivity index (χ1) is 12.8. The lowest BCUT2D eigenvalue weighted by Gasteiger charge is -2.22. The molecule has 0 saturated heterocycles. The van der Waals surface area contributed by atoms with E-state index in [1.54, 1.807) is 12.1 Å². The summed E-state index contributed by atoms with van der Waals surface area (Å²) in [6, 6.07) is 19.6. The van der Waals surface area contributed by atoms with Crippen molar-refractivity contribution in [3.8, 4) is 5.75 Å². The summed E-state index contributed by atoms with van der Waals surface area (Å²) < 4.78 is 5.17. The number of nitrogens with zero attached hydrogens (tertiary/aromatic N) is 1. The highest BCUT2D eigenvalue weighted by molar-refractivity contribution is 5.70. The highest BCUT2D eigenvalue weighted by Gasteiger charge is 2.05. The van der Waals surface area contributed by atoms with E-state index in [0.717, 1.165) is 39.1 Å². The summed E-state index contributed by atoms with van der Waals surface area (Å²) in [5.74, 6) is 0.550. The maximum absolute atomic E-state index is 11.7. The third kappa shape index (κ3) is 8.14. The van der Waals surface area contributed by atoms with E-state index in [0.29, 0.717) is 12.3 Å². The lowest BCUT2D eigenvalue weighted by molar-refractivity contribution is 0.200. The summed E-state index contributed by atoms with van der Waals surface area (Å²) in [6.45, 7) is 7.39. The quantitative estimate of drug-likeness (QED) is 0.608. The number of ether oxygens (including phenoxy) is 1. The van der Waals surface area contributed by atoms with Crippen LogP contribution in [0.1, 0.15) is 18.9 Å². The van der Waals surface area contributed by atoms with Gasteiger partial charge in [0.05, 0.1) is 0 Å². The van der Waals surface area contributed by atoms with Gasteiger partial charge in [0.1, 0.15) is 5.75 Å². The zero-order valence-corrected chi connectivity index (χ0v) is 15.5. The standard InChI is InChI=1S/C21H29N3O2/c1-2-16-24(18-19-9-5-3-6-10-19)17-15-22-13-14-23-21(25)26-20-11-7-4-8-12-20/h3-12,22H,2,13-18H2,1H3,(H,23,25). The molecule has 2 N–H and O–H groups in total. The highest BCUT2D eigenvalue weighted by Crippen LogP contribution is 2.08. The van der Waals surface area contributed by atoms with Crippen LogP contribution in [0.4, 0.5) is 4.79 Å². The second kappa shape index (κ2) is 12.1. The lowest BCUT2D eigenvalue weighted by Crippen LogP contribution is -2.37. The van der Waals surface area contributed by atoms with Crippen molar-refractivity contribution in [3.05, 3.63) is 66.2 Å². The smallest absolute Gasteiger partial charge is 0.410 e. The Morgan fingerprint density at radius 3 is 2.31 bits per heavy atom. The van der Waals surface area contributed by atoms with Crippen LogP contribution in [0, 0.1) is 0 Å². The Balaban J connectivity index is 1.57. The molecule has 0 aliphatic rings. The van der Waals surface area contributed by atoms with Crippen LogP contribution < -0.4 is 15.4 Å². The first-order valence-corrected chi connectivity index (χ1v) is 9.25. The molecule has 26 heavy (non-hydrogen) atoms. The van der Waals surface area contributed by atoms with Gasteiger partial charge in [0.25, 0.3) is 0 Å². The second-order valence-electron chi connectivity index (χ2n) is 6.14. The van der Waals surface area contributed by atoms with Gasteiger partial charge in [-0.3, -0.25) is 4.90 Å². The first kappa shape index (κ1) is 19.9. The van der Waals surface area contributed by atoms with Crippen molar-refractivity contribution in [1.82, 2.24) is 15.5 Å². The maximum Gasteiger partial charge on any atom is 0.412 e. The van der Waals surface area contributed by atoms with Crippen LogP contribution in [-0.4, -0.2) is 43.7 Å². The Bertz CT molecular complexity index is 620. The number of carbonyl (C=O) groups is 1. The van der Waals surface area contributed by atoms with Crippen LogP contribution in [0.25, 0.3) is 0 Å². The summed E-state index contributed by atoms with van der Waals surface area (Å²) in [4.78, 5) is 14.1. The fourth-order valence-electron chi connectivity index (χ4n) is 2.67. The lowest BCUT2D eigenvalue weighted by atomic mass is 10.2. The number of amides is 1. The summed E-state index contributed by atoms with van der Waals surface area (Å²) >= 11 is 0. The maximum atomic E-state index is 11.7. The number of rotatable bonds is 11. The van der Waals surface area contributed by atoms with Gasteiger partial charge in [-0.2, -0.15) is 0 Å². The number of nitrogens with one attached hydrogen (secondary N) is 2. The zero-order valence-electron chi connectivity index (χ0n) is 15.5. The van der Waals surface area contributed by atoms with Crippen molar-refractivity contribution in [2.75, 3.05) is 32.7 Å². The van der Waals surface area contributed by atoms with Gasteiger partial charge in [-0.25, -0.2) is 4.79 Å². The van der Waals surface area contributed by atoms with Crippen LogP contribution in [0.15, 0.2) is 60.7 Å². The first-order valence-electron chi connectivity index (χ1n) is 9.25. The minimum absolute atomic E-state index is 0.422. The molecule has 2 rings (SSSR count).